The van der Waals surface area contributed by atoms with E-state index in [1.165, 1.54) is 0 Å². The quantitative estimate of drug-likeness (QED) is 0.782. The fraction of sp³-hybridized carbons (Fsp3) is 0.500. The molecule has 2 nitrogen and oxygen atoms in total. The number of rotatable bonds is 1. The number of nitrogens with zero attached hydrogens (tertiary/aromatic N) is 1. The lowest BCUT2D eigenvalue weighted by atomic mass is 10.0. The Morgan fingerprint density at radius 2 is 1.61 bits per heavy atom. The van der Waals surface area contributed by atoms with Gasteiger partial charge >= 0.3 is 0 Å². The van der Waals surface area contributed by atoms with Gasteiger partial charge in [0.05, 0.1) is 21.1 Å². The van der Waals surface area contributed by atoms with Crippen molar-refractivity contribution in [2.24, 2.45) is 10.8 Å². The molecule has 2 aromatic rings. The van der Waals surface area contributed by atoms with Gasteiger partial charge in [0.25, 0.3) is 0 Å². The number of H-pyrrole nitrogens is 1. The minimum absolute atomic E-state index is 0.272. The number of nitrogens with one attached hydrogen (secondary N) is 1. The zero-order valence-electron chi connectivity index (χ0n) is 10.9. The number of benzene rings is 1. The lowest BCUT2D eigenvalue weighted by Crippen LogP contribution is -1.95. The smallest absolute Gasteiger partial charge is 0.111 e. The maximum absolute atomic E-state index is 6.02. The molecule has 1 heterocycles. The zero-order valence-corrected chi connectivity index (χ0v) is 12.4. The Labute approximate surface area is 117 Å². The van der Waals surface area contributed by atoms with Gasteiger partial charge in [0.2, 0.25) is 0 Å². The maximum atomic E-state index is 6.02. The van der Waals surface area contributed by atoms with E-state index in [-0.39, 0.29) is 10.8 Å². The Hall–Kier alpha value is -0.730. The molecule has 4 heteroatoms. The predicted molar refractivity (Wildman–Crippen MR) is 76.4 cm³/mol. The number of hydrogen-bond acceptors (Lipinski definition) is 1. The summed E-state index contributed by atoms with van der Waals surface area (Å²) in [6.07, 6.45) is 0. The van der Waals surface area contributed by atoms with Crippen molar-refractivity contribution >= 4 is 34.2 Å². The van der Waals surface area contributed by atoms with Gasteiger partial charge in [-0.05, 0) is 23.0 Å². The molecule has 1 N–H and O–H groups in total. The van der Waals surface area contributed by atoms with Crippen molar-refractivity contribution < 1.29 is 0 Å². The molecule has 1 saturated carbocycles. The van der Waals surface area contributed by atoms with Crippen molar-refractivity contribution in [3.8, 4) is 0 Å². The van der Waals surface area contributed by atoms with E-state index in [1.54, 1.807) is 0 Å². The lowest BCUT2D eigenvalue weighted by molar-refractivity contribution is 0.457. The molecule has 1 aliphatic rings. The van der Waals surface area contributed by atoms with Gasteiger partial charge in [-0.1, -0.05) is 50.9 Å². The molecular formula is C14H16Cl2N2. The highest BCUT2D eigenvalue weighted by molar-refractivity contribution is 6.42. The molecule has 18 heavy (non-hydrogen) atoms. The number of hydrogen-bond donors (Lipinski definition) is 1. The molecule has 0 saturated heterocycles. The summed E-state index contributed by atoms with van der Waals surface area (Å²) in [4.78, 5) is 8.05. The Morgan fingerprint density at radius 1 is 1.06 bits per heavy atom. The first kappa shape index (κ1) is 12.3. The van der Waals surface area contributed by atoms with E-state index >= 15 is 0 Å². The molecule has 1 aliphatic carbocycles. The first-order valence-corrected chi connectivity index (χ1v) is 6.85. The molecule has 0 amide bonds. The van der Waals surface area contributed by atoms with Crippen LogP contribution in [0.4, 0.5) is 0 Å². The SMILES string of the molecule is CC1(C)C(c2nc3cc(Cl)c(Cl)cc3[nH]2)C1(C)C. The highest BCUT2D eigenvalue weighted by atomic mass is 35.5. The lowest BCUT2D eigenvalue weighted by Gasteiger charge is -2.03. The van der Waals surface area contributed by atoms with E-state index in [9.17, 15) is 0 Å². The van der Waals surface area contributed by atoms with Crippen LogP contribution in [0.3, 0.4) is 0 Å². The largest absolute Gasteiger partial charge is 0.342 e. The van der Waals surface area contributed by atoms with Gasteiger partial charge in [0, 0.05) is 5.92 Å². The normalized spacial score (nSPS) is 21.4. The fourth-order valence-electron chi connectivity index (χ4n) is 3.04. The van der Waals surface area contributed by atoms with Crippen LogP contribution in [0.5, 0.6) is 0 Å². The fourth-order valence-corrected chi connectivity index (χ4v) is 3.36. The van der Waals surface area contributed by atoms with Crippen LogP contribution in [-0.2, 0) is 0 Å². The number of halogens is 2. The third-order valence-corrected chi connectivity index (χ3v) is 5.56. The van der Waals surface area contributed by atoms with Crippen LogP contribution < -0.4 is 0 Å². The van der Waals surface area contributed by atoms with Crippen LogP contribution in [0.1, 0.15) is 39.4 Å². The van der Waals surface area contributed by atoms with Crippen LogP contribution in [0.2, 0.25) is 10.0 Å². The first-order valence-electron chi connectivity index (χ1n) is 6.10. The van der Waals surface area contributed by atoms with Crippen molar-refractivity contribution in [3.63, 3.8) is 0 Å². The Morgan fingerprint density at radius 3 is 2.17 bits per heavy atom. The molecular weight excluding hydrogens is 267 g/mol. The maximum Gasteiger partial charge on any atom is 0.111 e. The topological polar surface area (TPSA) is 28.7 Å². The predicted octanol–water partition coefficient (Wildman–Crippen LogP) is 5.02. The van der Waals surface area contributed by atoms with E-state index in [0.717, 1.165) is 16.9 Å². The Balaban J connectivity index is 2.11. The Kier molecular flexibility index (Phi) is 2.34. The highest BCUT2D eigenvalue weighted by Gasteiger charge is 2.66. The number of imidazole rings is 1. The van der Waals surface area contributed by atoms with E-state index < -0.39 is 0 Å². The molecule has 0 unspecified atom stereocenters. The van der Waals surface area contributed by atoms with E-state index in [0.29, 0.717) is 16.0 Å². The number of aromatic amines is 1. The Bertz CT molecular complexity index is 588. The zero-order chi connectivity index (χ0) is 13.3. The average molecular weight is 283 g/mol. The van der Waals surface area contributed by atoms with Crippen molar-refractivity contribution in [2.75, 3.05) is 0 Å². The molecule has 1 aromatic carbocycles. The molecule has 0 bridgehead atoms. The summed E-state index contributed by atoms with van der Waals surface area (Å²) in [6, 6.07) is 3.67. The highest BCUT2D eigenvalue weighted by Crippen LogP contribution is 2.73. The third kappa shape index (κ3) is 1.45. The van der Waals surface area contributed by atoms with Gasteiger partial charge < -0.3 is 4.98 Å². The summed E-state index contributed by atoms with van der Waals surface area (Å²) in [5.74, 6) is 1.49. The summed E-state index contributed by atoms with van der Waals surface area (Å²) in [5.41, 5.74) is 2.39. The van der Waals surface area contributed by atoms with Crippen LogP contribution in [-0.4, -0.2) is 9.97 Å². The van der Waals surface area contributed by atoms with Crippen molar-refractivity contribution in [3.05, 3.63) is 28.0 Å². The molecule has 96 valence electrons. The van der Waals surface area contributed by atoms with Crippen LogP contribution in [0.25, 0.3) is 11.0 Å². The standard InChI is InChI=1S/C14H16Cl2N2/c1-13(2)11(14(13,3)4)12-17-9-5-7(15)8(16)6-10(9)18-12/h5-6,11H,1-4H3,(H,17,18). The van der Waals surface area contributed by atoms with Crippen molar-refractivity contribution in [1.29, 1.82) is 0 Å². The van der Waals surface area contributed by atoms with E-state index in [4.69, 9.17) is 23.2 Å². The van der Waals surface area contributed by atoms with Gasteiger partial charge in [-0.25, -0.2) is 4.98 Å². The summed E-state index contributed by atoms with van der Waals surface area (Å²) >= 11 is 12.0. The van der Waals surface area contributed by atoms with Gasteiger partial charge in [-0.3, -0.25) is 0 Å². The second-order valence-corrected chi connectivity index (χ2v) is 7.10. The summed E-state index contributed by atoms with van der Waals surface area (Å²) < 4.78 is 0. The minimum atomic E-state index is 0.272. The average Bonchev–Trinajstić information content (AvgIpc) is 2.56. The monoisotopic (exact) mass is 282 g/mol. The summed E-state index contributed by atoms with van der Waals surface area (Å²) in [5, 5.41) is 1.12. The molecule has 0 aliphatic heterocycles. The van der Waals surface area contributed by atoms with E-state index in [1.807, 2.05) is 12.1 Å². The molecule has 1 fully saturated rings. The molecule has 0 radical (unpaired) electrons. The molecule has 0 spiro atoms. The number of aromatic nitrogens is 2. The number of fused-ring (bicyclic) bond motifs is 1. The summed E-state index contributed by atoms with van der Waals surface area (Å²) in [6.45, 7) is 9.13. The van der Waals surface area contributed by atoms with Gasteiger partial charge in [-0.2, -0.15) is 0 Å². The van der Waals surface area contributed by atoms with Crippen LogP contribution in [0.15, 0.2) is 12.1 Å². The molecule has 3 rings (SSSR count). The van der Waals surface area contributed by atoms with Gasteiger partial charge in [0.15, 0.2) is 0 Å². The first-order chi connectivity index (χ1) is 8.25. The van der Waals surface area contributed by atoms with E-state index in [2.05, 4.69) is 37.7 Å². The third-order valence-electron chi connectivity index (χ3n) is 4.84. The molecule has 1 aromatic heterocycles. The van der Waals surface area contributed by atoms with Crippen LogP contribution in [0, 0.1) is 10.8 Å². The van der Waals surface area contributed by atoms with Crippen molar-refractivity contribution in [1.82, 2.24) is 9.97 Å². The van der Waals surface area contributed by atoms with Crippen LogP contribution >= 0.6 is 23.2 Å². The van der Waals surface area contributed by atoms with Gasteiger partial charge in [-0.15, -0.1) is 0 Å². The van der Waals surface area contributed by atoms with Gasteiger partial charge in [0.1, 0.15) is 5.82 Å². The van der Waals surface area contributed by atoms with Crippen molar-refractivity contribution in [2.45, 2.75) is 33.6 Å². The second-order valence-electron chi connectivity index (χ2n) is 6.28. The minimum Gasteiger partial charge on any atom is -0.342 e. The molecule has 0 atom stereocenters. The summed E-state index contributed by atoms with van der Waals surface area (Å²) in [7, 11) is 0. The second kappa shape index (κ2) is 3.43.